The third kappa shape index (κ3) is 4.74. The molecule has 94 valence electrons. The van der Waals surface area contributed by atoms with E-state index >= 15 is 0 Å². The Morgan fingerprint density at radius 3 is 2.76 bits per heavy atom. The Hall–Kier alpha value is -1.08. The van der Waals surface area contributed by atoms with E-state index in [0.717, 1.165) is 22.3 Å². The predicted molar refractivity (Wildman–Crippen MR) is 68.3 cm³/mol. The van der Waals surface area contributed by atoms with Crippen LogP contribution in [0, 0.1) is 6.92 Å². The Bertz CT molecular complexity index is 406. The molecular weight excluding hydrogens is 260 g/mol. The molecule has 0 spiro atoms. The molecule has 0 bridgehead atoms. The van der Waals surface area contributed by atoms with Crippen LogP contribution in [0.15, 0.2) is 5.51 Å². The van der Waals surface area contributed by atoms with Crippen molar-refractivity contribution in [2.45, 2.75) is 13.5 Å². The second kappa shape index (κ2) is 6.61. The van der Waals surface area contributed by atoms with Crippen molar-refractivity contribution < 1.29 is 14.7 Å². The Morgan fingerprint density at radius 1 is 1.53 bits per heavy atom. The fraction of sp³-hybridized carbons (Fsp3) is 0.500. The van der Waals surface area contributed by atoms with E-state index in [2.05, 4.69) is 4.98 Å². The van der Waals surface area contributed by atoms with E-state index in [1.165, 1.54) is 11.3 Å². The fourth-order valence-corrected chi connectivity index (χ4v) is 2.62. The third-order valence-corrected chi connectivity index (χ3v) is 3.92. The van der Waals surface area contributed by atoms with Gasteiger partial charge < -0.3 is 10.0 Å². The van der Waals surface area contributed by atoms with E-state index in [9.17, 15) is 9.59 Å². The monoisotopic (exact) mass is 274 g/mol. The van der Waals surface area contributed by atoms with Gasteiger partial charge in [-0.3, -0.25) is 9.59 Å². The maximum atomic E-state index is 11.7. The molecule has 0 aromatic carbocycles. The molecule has 1 N–H and O–H groups in total. The molecule has 1 rings (SSSR count). The first-order chi connectivity index (χ1) is 8.00. The standard InChI is InChI=1S/C10H14N2O3S2/c1-7-8(17-6-11-7)3-12(2)9(13)4-16-5-10(14)15/h6H,3-5H2,1-2H3,(H,14,15). The summed E-state index contributed by atoms with van der Waals surface area (Å²) >= 11 is 2.63. The van der Waals surface area contributed by atoms with Gasteiger partial charge >= 0.3 is 5.97 Å². The minimum atomic E-state index is -0.899. The van der Waals surface area contributed by atoms with Crippen LogP contribution in [0.25, 0.3) is 0 Å². The van der Waals surface area contributed by atoms with Gasteiger partial charge in [-0.2, -0.15) is 0 Å². The molecular formula is C10H14N2O3S2. The first kappa shape index (κ1) is 14.0. The van der Waals surface area contributed by atoms with Gasteiger partial charge in [0.25, 0.3) is 0 Å². The van der Waals surface area contributed by atoms with Crippen LogP contribution in [0.1, 0.15) is 10.6 Å². The topological polar surface area (TPSA) is 70.5 Å². The molecule has 1 heterocycles. The van der Waals surface area contributed by atoms with Crippen molar-refractivity contribution in [1.82, 2.24) is 9.88 Å². The summed E-state index contributed by atoms with van der Waals surface area (Å²) < 4.78 is 0. The number of aromatic nitrogens is 1. The average Bonchev–Trinajstić information content (AvgIpc) is 2.63. The van der Waals surface area contributed by atoms with Crippen LogP contribution in [-0.2, 0) is 16.1 Å². The van der Waals surface area contributed by atoms with Crippen LogP contribution < -0.4 is 0 Å². The van der Waals surface area contributed by atoms with Crippen molar-refractivity contribution in [2.75, 3.05) is 18.6 Å². The minimum Gasteiger partial charge on any atom is -0.481 e. The van der Waals surface area contributed by atoms with Crippen molar-refractivity contribution in [1.29, 1.82) is 0 Å². The lowest BCUT2D eigenvalue weighted by atomic mass is 10.3. The van der Waals surface area contributed by atoms with Crippen molar-refractivity contribution in [3.05, 3.63) is 16.1 Å². The number of nitrogens with zero attached hydrogens (tertiary/aromatic N) is 2. The minimum absolute atomic E-state index is 0.0425. The Kier molecular flexibility index (Phi) is 5.43. The predicted octanol–water partition coefficient (Wildman–Crippen LogP) is 1.23. The molecule has 1 aromatic heterocycles. The molecule has 1 amide bonds. The number of carboxylic acid groups (broad SMARTS) is 1. The molecule has 0 atom stereocenters. The highest BCUT2D eigenvalue weighted by atomic mass is 32.2. The largest absolute Gasteiger partial charge is 0.481 e. The second-order valence-electron chi connectivity index (χ2n) is 3.50. The van der Waals surface area contributed by atoms with Gasteiger partial charge in [-0.05, 0) is 6.92 Å². The number of hydrogen-bond acceptors (Lipinski definition) is 5. The zero-order valence-electron chi connectivity index (χ0n) is 9.67. The molecule has 17 heavy (non-hydrogen) atoms. The van der Waals surface area contributed by atoms with Crippen molar-refractivity contribution in [3.63, 3.8) is 0 Å². The van der Waals surface area contributed by atoms with Gasteiger partial charge in [0.2, 0.25) is 5.91 Å². The lowest BCUT2D eigenvalue weighted by Crippen LogP contribution is -2.28. The number of rotatable bonds is 6. The highest BCUT2D eigenvalue weighted by Crippen LogP contribution is 2.14. The van der Waals surface area contributed by atoms with Crippen molar-refractivity contribution in [2.24, 2.45) is 0 Å². The van der Waals surface area contributed by atoms with Crippen LogP contribution in [0.5, 0.6) is 0 Å². The number of hydrogen-bond donors (Lipinski definition) is 1. The molecule has 0 aliphatic heterocycles. The SMILES string of the molecule is Cc1ncsc1CN(C)C(=O)CSCC(=O)O. The molecule has 0 saturated carbocycles. The molecule has 0 aliphatic carbocycles. The van der Waals surface area contributed by atoms with Gasteiger partial charge in [-0.1, -0.05) is 0 Å². The van der Waals surface area contributed by atoms with Crippen LogP contribution in [0.3, 0.4) is 0 Å². The normalized spacial score (nSPS) is 10.2. The highest BCUT2D eigenvalue weighted by molar-refractivity contribution is 8.00. The molecule has 0 unspecified atom stereocenters. The number of amides is 1. The zero-order chi connectivity index (χ0) is 12.8. The Balaban J connectivity index is 2.37. The van der Waals surface area contributed by atoms with Crippen molar-refractivity contribution in [3.8, 4) is 0 Å². The summed E-state index contributed by atoms with van der Waals surface area (Å²) in [5.74, 6) is -0.812. The van der Waals surface area contributed by atoms with Crippen LogP contribution in [0.2, 0.25) is 0 Å². The van der Waals surface area contributed by atoms with E-state index in [4.69, 9.17) is 5.11 Å². The Labute approximate surface area is 108 Å². The summed E-state index contributed by atoms with van der Waals surface area (Å²) in [6.45, 7) is 2.44. The summed E-state index contributed by atoms with van der Waals surface area (Å²) in [5, 5.41) is 8.46. The number of thiazole rings is 1. The summed E-state index contributed by atoms with van der Waals surface area (Å²) in [6, 6.07) is 0. The summed E-state index contributed by atoms with van der Waals surface area (Å²) in [7, 11) is 1.71. The van der Waals surface area contributed by atoms with Gasteiger partial charge in [0.15, 0.2) is 0 Å². The van der Waals surface area contributed by atoms with E-state index in [0.29, 0.717) is 6.54 Å². The average molecular weight is 274 g/mol. The van der Waals surface area contributed by atoms with E-state index < -0.39 is 5.97 Å². The summed E-state index contributed by atoms with van der Waals surface area (Å²) in [4.78, 5) is 28.7. The first-order valence-corrected chi connectivity index (χ1v) is 6.96. The fourth-order valence-electron chi connectivity index (χ4n) is 1.12. The molecule has 1 aromatic rings. The maximum Gasteiger partial charge on any atom is 0.313 e. The molecule has 7 heteroatoms. The number of carbonyl (C=O) groups is 2. The summed E-state index contributed by atoms with van der Waals surface area (Å²) in [5.41, 5.74) is 2.69. The maximum absolute atomic E-state index is 11.7. The molecule has 0 aliphatic rings. The van der Waals surface area contributed by atoms with Crippen LogP contribution in [0.4, 0.5) is 0 Å². The van der Waals surface area contributed by atoms with E-state index in [1.807, 2.05) is 6.92 Å². The smallest absolute Gasteiger partial charge is 0.313 e. The zero-order valence-corrected chi connectivity index (χ0v) is 11.3. The molecule has 0 radical (unpaired) electrons. The second-order valence-corrected chi connectivity index (χ2v) is 5.42. The molecule has 0 saturated heterocycles. The number of carboxylic acids is 1. The first-order valence-electron chi connectivity index (χ1n) is 4.93. The van der Waals surface area contributed by atoms with Gasteiger partial charge in [-0.25, -0.2) is 4.98 Å². The van der Waals surface area contributed by atoms with Gasteiger partial charge in [0.05, 0.1) is 29.3 Å². The highest BCUT2D eigenvalue weighted by Gasteiger charge is 2.12. The lowest BCUT2D eigenvalue weighted by Gasteiger charge is -2.15. The number of aryl methyl sites for hydroxylation is 1. The number of carbonyl (C=O) groups excluding carboxylic acids is 1. The van der Waals surface area contributed by atoms with Crippen LogP contribution in [-0.4, -0.2) is 45.4 Å². The van der Waals surface area contributed by atoms with Gasteiger partial charge in [0, 0.05) is 11.9 Å². The summed E-state index contributed by atoms with van der Waals surface area (Å²) in [6.07, 6.45) is 0. The quantitative estimate of drug-likeness (QED) is 0.845. The van der Waals surface area contributed by atoms with Crippen molar-refractivity contribution >= 4 is 35.0 Å². The van der Waals surface area contributed by atoms with E-state index in [-0.39, 0.29) is 17.4 Å². The third-order valence-electron chi connectivity index (χ3n) is 2.10. The Morgan fingerprint density at radius 2 is 2.24 bits per heavy atom. The van der Waals surface area contributed by atoms with Crippen LogP contribution >= 0.6 is 23.1 Å². The van der Waals surface area contributed by atoms with Gasteiger partial charge in [0.1, 0.15) is 0 Å². The number of aliphatic carboxylic acids is 1. The van der Waals surface area contributed by atoms with Gasteiger partial charge in [-0.15, -0.1) is 23.1 Å². The molecule has 5 nitrogen and oxygen atoms in total. The molecule has 0 fully saturated rings. The lowest BCUT2D eigenvalue weighted by molar-refractivity contribution is -0.133. The van der Waals surface area contributed by atoms with E-state index in [1.54, 1.807) is 17.5 Å². The number of thioether (sulfide) groups is 1.